The first-order valence-corrected chi connectivity index (χ1v) is 6.17. The average Bonchev–Trinajstić information content (AvgIpc) is 2.76. The smallest absolute Gasteiger partial charge is 0.132 e. The molecule has 2 aromatic rings. The predicted octanol–water partition coefficient (Wildman–Crippen LogP) is 2.15. The standard InChI is InChI=1S/C13H16ClN3O/c1-17-8-6-10(16-17)9-18-13-4-2-3-12(14)11(13)5-7-15/h2-4,6,8H,5,7,9,15H2,1H3. The van der Waals surface area contributed by atoms with Crippen molar-refractivity contribution in [3.8, 4) is 5.75 Å². The second-order valence-corrected chi connectivity index (χ2v) is 4.43. The number of hydrogen-bond donors (Lipinski definition) is 1. The van der Waals surface area contributed by atoms with Crippen molar-refractivity contribution in [3.05, 3.63) is 46.7 Å². The number of halogens is 1. The summed E-state index contributed by atoms with van der Waals surface area (Å²) in [6, 6.07) is 7.54. The van der Waals surface area contributed by atoms with Crippen LogP contribution in [0.3, 0.4) is 0 Å². The van der Waals surface area contributed by atoms with Gasteiger partial charge in [0.1, 0.15) is 12.4 Å². The summed E-state index contributed by atoms with van der Waals surface area (Å²) in [6.45, 7) is 0.975. The van der Waals surface area contributed by atoms with E-state index >= 15 is 0 Å². The Morgan fingerprint density at radius 1 is 1.39 bits per heavy atom. The van der Waals surface area contributed by atoms with Crippen molar-refractivity contribution in [2.75, 3.05) is 6.54 Å². The number of nitrogens with two attached hydrogens (primary N) is 1. The quantitative estimate of drug-likeness (QED) is 0.901. The maximum atomic E-state index is 6.14. The molecule has 1 heterocycles. The molecule has 4 nitrogen and oxygen atoms in total. The molecule has 0 aliphatic carbocycles. The number of aryl methyl sites for hydroxylation is 1. The Kier molecular flexibility index (Phi) is 4.23. The molecular weight excluding hydrogens is 250 g/mol. The fourth-order valence-corrected chi connectivity index (χ4v) is 2.01. The fourth-order valence-electron chi connectivity index (χ4n) is 1.75. The molecule has 1 aromatic heterocycles. The van der Waals surface area contributed by atoms with Crippen LogP contribution in [0, 0.1) is 0 Å². The van der Waals surface area contributed by atoms with E-state index in [4.69, 9.17) is 22.1 Å². The van der Waals surface area contributed by atoms with E-state index in [1.54, 1.807) is 4.68 Å². The Balaban J connectivity index is 2.11. The minimum atomic E-state index is 0.429. The van der Waals surface area contributed by atoms with Gasteiger partial charge < -0.3 is 10.5 Å². The summed E-state index contributed by atoms with van der Waals surface area (Å²) in [5, 5.41) is 4.95. The first kappa shape index (κ1) is 12.9. The Bertz CT molecular complexity index is 525. The zero-order valence-electron chi connectivity index (χ0n) is 10.3. The molecule has 18 heavy (non-hydrogen) atoms. The molecule has 1 aromatic carbocycles. The lowest BCUT2D eigenvalue weighted by molar-refractivity contribution is 0.297. The lowest BCUT2D eigenvalue weighted by atomic mass is 10.1. The van der Waals surface area contributed by atoms with E-state index in [1.165, 1.54) is 0 Å². The number of aromatic nitrogens is 2. The summed E-state index contributed by atoms with van der Waals surface area (Å²) in [5.74, 6) is 0.776. The van der Waals surface area contributed by atoms with E-state index in [9.17, 15) is 0 Å². The van der Waals surface area contributed by atoms with Gasteiger partial charge in [-0.1, -0.05) is 17.7 Å². The zero-order chi connectivity index (χ0) is 13.0. The second kappa shape index (κ2) is 5.89. The fraction of sp³-hybridized carbons (Fsp3) is 0.308. The van der Waals surface area contributed by atoms with Gasteiger partial charge in [-0.2, -0.15) is 5.10 Å². The molecular formula is C13H16ClN3O. The van der Waals surface area contributed by atoms with Crippen LogP contribution in [0.5, 0.6) is 5.75 Å². The SMILES string of the molecule is Cn1ccc(COc2cccc(Cl)c2CCN)n1. The highest BCUT2D eigenvalue weighted by atomic mass is 35.5. The summed E-state index contributed by atoms with van der Waals surface area (Å²) in [4.78, 5) is 0. The number of nitrogens with zero attached hydrogens (tertiary/aromatic N) is 2. The van der Waals surface area contributed by atoms with E-state index in [0.29, 0.717) is 24.6 Å². The van der Waals surface area contributed by atoms with Crippen LogP contribution in [0.15, 0.2) is 30.5 Å². The summed E-state index contributed by atoms with van der Waals surface area (Å²) >= 11 is 6.14. The van der Waals surface area contributed by atoms with Gasteiger partial charge in [0, 0.05) is 23.8 Å². The van der Waals surface area contributed by atoms with Crippen molar-refractivity contribution in [1.82, 2.24) is 9.78 Å². The van der Waals surface area contributed by atoms with E-state index in [0.717, 1.165) is 17.0 Å². The van der Waals surface area contributed by atoms with Gasteiger partial charge in [-0.05, 0) is 31.2 Å². The normalized spacial score (nSPS) is 10.6. The third kappa shape index (κ3) is 3.03. The Morgan fingerprint density at radius 3 is 2.89 bits per heavy atom. The van der Waals surface area contributed by atoms with Crippen molar-refractivity contribution in [2.45, 2.75) is 13.0 Å². The lowest BCUT2D eigenvalue weighted by Crippen LogP contribution is -2.06. The molecule has 2 rings (SSSR count). The molecule has 0 amide bonds. The van der Waals surface area contributed by atoms with E-state index < -0.39 is 0 Å². The van der Waals surface area contributed by atoms with Crippen molar-refractivity contribution in [1.29, 1.82) is 0 Å². The molecule has 0 saturated carbocycles. The van der Waals surface area contributed by atoms with Gasteiger partial charge in [0.25, 0.3) is 0 Å². The van der Waals surface area contributed by atoms with E-state index in [1.807, 2.05) is 37.5 Å². The third-order valence-electron chi connectivity index (χ3n) is 2.61. The maximum absolute atomic E-state index is 6.14. The summed E-state index contributed by atoms with van der Waals surface area (Å²) in [7, 11) is 1.88. The molecule has 0 bridgehead atoms. The molecule has 0 saturated heterocycles. The molecule has 0 unspecified atom stereocenters. The van der Waals surface area contributed by atoms with Gasteiger partial charge in [-0.3, -0.25) is 4.68 Å². The van der Waals surface area contributed by atoms with Crippen LogP contribution in [-0.4, -0.2) is 16.3 Å². The highest BCUT2D eigenvalue weighted by Gasteiger charge is 2.08. The second-order valence-electron chi connectivity index (χ2n) is 4.02. The molecule has 0 fully saturated rings. The van der Waals surface area contributed by atoms with Gasteiger partial charge >= 0.3 is 0 Å². The van der Waals surface area contributed by atoms with Crippen LogP contribution < -0.4 is 10.5 Å². The monoisotopic (exact) mass is 265 g/mol. The van der Waals surface area contributed by atoms with Gasteiger partial charge in [0.15, 0.2) is 0 Å². The maximum Gasteiger partial charge on any atom is 0.132 e. The van der Waals surface area contributed by atoms with Crippen LogP contribution in [0.2, 0.25) is 5.02 Å². The van der Waals surface area contributed by atoms with E-state index in [-0.39, 0.29) is 0 Å². The van der Waals surface area contributed by atoms with Gasteiger partial charge in [-0.25, -0.2) is 0 Å². The Labute approximate surface area is 111 Å². The van der Waals surface area contributed by atoms with Crippen molar-refractivity contribution >= 4 is 11.6 Å². The van der Waals surface area contributed by atoms with Crippen molar-refractivity contribution < 1.29 is 4.74 Å². The number of rotatable bonds is 5. The summed E-state index contributed by atoms with van der Waals surface area (Å²) in [6.07, 6.45) is 2.59. The molecule has 2 N–H and O–H groups in total. The van der Waals surface area contributed by atoms with Gasteiger partial charge in [0.2, 0.25) is 0 Å². The summed E-state index contributed by atoms with van der Waals surface area (Å²) < 4.78 is 7.50. The molecule has 96 valence electrons. The van der Waals surface area contributed by atoms with Crippen LogP contribution in [0.25, 0.3) is 0 Å². The number of benzene rings is 1. The highest BCUT2D eigenvalue weighted by molar-refractivity contribution is 6.31. The Morgan fingerprint density at radius 2 is 2.22 bits per heavy atom. The Hall–Kier alpha value is -1.52. The van der Waals surface area contributed by atoms with Gasteiger partial charge in [0.05, 0.1) is 5.69 Å². The first-order valence-electron chi connectivity index (χ1n) is 5.79. The molecule has 0 aliphatic rings. The minimum Gasteiger partial charge on any atom is -0.487 e. The van der Waals surface area contributed by atoms with Crippen LogP contribution >= 0.6 is 11.6 Å². The molecule has 0 radical (unpaired) electrons. The van der Waals surface area contributed by atoms with Crippen LogP contribution in [-0.2, 0) is 20.1 Å². The molecule has 0 spiro atoms. The van der Waals surface area contributed by atoms with E-state index in [2.05, 4.69) is 5.10 Å². The lowest BCUT2D eigenvalue weighted by Gasteiger charge is -2.11. The largest absolute Gasteiger partial charge is 0.487 e. The highest BCUT2D eigenvalue weighted by Crippen LogP contribution is 2.27. The molecule has 0 atom stereocenters. The van der Waals surface area contributed by atoms with Gasteiger partial charge in [-0.15, -0.1) is 0 Å². The number of hydrogen-bond acceptors (Lipinski definition) is 3. The van der Waals surface area contributed by atoms with Crippen LogP contribution in [0.4, 0.5) is 0 Å². The predicted molar refractivity (Wildman–Crippen MR) is 71.8 cm³/mol. The summed E-state index contributed by atoms with van der Waals surface area (Å²) in [5.41, 5.74) is 7.42. The third-order valence-corrected chi connectivity index (χ3v) is 2.97. The number of ether oxygens (including phenoxy) is 1. The minimum absolute atomic E-state index is 0.429. The first-order chi connectivity index (χ1) is 8.70. The molecule has 0 aliphatic heterocycles. The van der Waals surface area contributed by atoms with Crippen molar-refractivity contribution in [3.63, 3.8) is 0 Å². The van der Waals surface area contributed by atoms with Crippen molar-refractivity contribution in [2.24, 2.45) is 12.8 Å². The zero-order valence-corrected chi connectivity index (χ0v) is 11.0. The average molecular weight is 266 g/mol. The molecule has 5 heteroatoms. The van der Waals surface area contributed by atoms with Crippen LogP contribution in [0.1, 0.15) is 11.3 Å². The topological polar surface area (TPSA) is 53.1 Å².